The van der Waals surface area contributed by atoms with Crippen molar-refractivity contribution in [2.75, 3.05) is 4.90 Å². The summed E-state index contributed by atoms with van der Waals surface area (Å²) >= 11 is 1.87. The molecule has 258 valence electrons. The van der Waals surface area contributed by atoms with Gasteiger partial charge in [-0.1, -0.05) is 121 Å². The van der Waals surface area contributed by atoms with E-state index in [0.29, 0.717) is 0 Å². The molecule has 0 saturated carbocycles. The normalized spacial score (nSPS) is 11.6. The minimum atomic E-state index is 1.11. The molecule has 2 heterocycles. The van der Waals surface area contributed by atoms with E-state index in [1.54, 1.807) is 0 Å². The minimum absolute atomic E-state index is 1.11. The Morgan fingerprint density at radius 1 is 0.327 bits per heavy atom. The zero-order valence-electron chi connectivity index (χ0n) is 29.9. The van der Waals surface area contributed by atoms with E-state index in [1.807, 2.05) is 11.3 Å². The van der Waals surface area contributed by atoms with Gasteiger partial charge in [0.1, 0.15) is 0 Å². The molecule has 2 aromatic heterocycles. The van der Waals surface area contributed by atoms with Crippen LogP contribution >= 0.6 is 11.3 Å². The van der Waals surface area contributed by atoms with E-state index in [0.717, 1.165) is 22.7 Å². The molecular formula is C52H34N2S. The van der Waals surface area contributed by atoms with Crippen LogP contribution in [0.3, 0.4) is 0 Å². The molecule has 11 aromatic rings. The quantitative estimate of drug-likeness (QED) is 0.166. The van der Waals surface area contributed by atoms with E-state index in [-0.39, 0.29) is 0 Å². The first kappa shape index (κ1) is 31.6. The van der Waals surface area contributed by atoms with Crippen LogP contribution in [0.1, 0.15) is 0 Å². The van der Waals surface area contributed by atoms with Gasteiger partial charge in [-0.3, -0.25) is 0 Å². The number of fused-ring (bicyclic) bond motifs is 7. The molecule has 3 heteroatoms. The van der Waals surface area contributed by atoms with E-state index in [1.165, 1.54) is 75.0 Å². The maximum absolute atomic E-state index is 2.38. The van der Waals surface area contributed by atoms with Gasteiger partial charge in [0, 0.05) is 53.7 Å². The molecule has 0 spiro atoms. The van der Waals surface area contributed by atoms with Crippen LogP contribution in [0.4, 0.5) is 17.1 Å². The summed E-state index contributed by atoms with van der Waals surface area (Å²) in [6.07, 6.45) is 0. The summed E-state index contributed by atoms with van der Waals surface area (Å²) in [6, 6.07) is 75.2. The molecule has 9 aromatic carbocycles. The first-order chi connectivity index (χ1) is 27.2. The van der Waals surface area contributed by atoms with Gasteiger partial charge in [0.2, 0.25) is 0 Å². The highest BCUT2D eigenvalue weighted by Crippen LogP contribution is 2.42. The first-order valence-corrected chi connectivity index (χ1v) is 19.6. The Labute approximate surface area is 323 Å². The third-order valence-electron chi connectivity index (χ3n) is 11.0. The Bertz CT molecular complexity index is 3180. The van der Waals surface area contributed by atoms with Gasteiger partial charge in [0.25, 0.3) is 0 Å². The zero-order valence-corrected chi connectivity index (χ0v) is 30.7. The molecule has 0 saturated heterocycles. The van der Waals surface area contributed by atoms with E-state index in [9.17, 15) is 0 Å². The van der Waals surface area contributed by atoms with Gasteiger partial charge in [-0.15, -0.1) is 11.3 Å². The second-order valence-electron chi connectivity index (χ2n) is 14.2. The molecule has 0 aliphatic heterocycles. The van der Waals surface area contributed by atoms with Crippen LogP contribution < -0.4 is 4.90 Å². The number of anilines is 3. The Kier molecular flexibility index (Phi) is 7.39. The van der Waals surface area contributed by atoms with Crippen LogP contribution in [-0.2, 0) is 0 Å². The van der Waals surface area contributed by atoms with Crippen molar-refractivity contribution in [2.24, 2.45) is 0 Å². The van der Waals surface area contributed by atoms with Gasteiger partial charge < -0.3 is 9.47 Å². The predicted octanol–water partition coefficient (Wildman–Crippen LogP) is 15.1. The lowest BCUT2D eigenvalue weighted by Gasteiger charge is -2.26. The number of hydrogen-bond donors (Lipinski definition) is 0. The predicted molar refractivity (Wildman–Crippen MR) is 237 cm³/mol. The third kappa shape index (κ3) is 5.40. The van der Waals surface area contributed by atoms with Gasteiger partial charge >= 0.3 is 0 Å². The van der Waals surface area contributed by atoms with Gasteiger partial charge in [-0.2, -0.15) is 0 Å². The Morgan fingerprint density at radius 2 is 0.909 bits per heavy atom. The van der Waals surface area contributed by atoms with Crippen molar-refractivity contribution in [1.29, 1.82) is 0 Å². The van der Waals surface area contributed by atoms with E-state index < -0.39 is 0 Å². The molecule has 0 radical (unpaired) electrons. The van der Waals surface area contributed by atoms with Crippen LogP contribution in [-0.4, -0.2) is 4.57 Å². The molecule has 0 N–H and O–H groups in total. The highest BCUT2D eigenvalue weighted by Gasteiger charge is 2.18. The third-order valence-corrected chi connectivity index (χ3v) is 12.1. The molecule has 0 atom stereocenters. The number of rotatable bonds is 6. The molecule has 0 amide bonds. The SMILES string of the molecule is c1ccc(-c2ccc(N(c3ccc(-c4ccc5cc6sc7ccccc7c6cc5c4)cc3)c3ccc4c(c3)c3ccccc3n4-c3ccccc3)cc2)cc1. The largest absolute Gasteiger partial charge is 0.310 e. The van der Waals surface area contributed by atoms with Crippen molar-refractivity contribution in [1.82, 2.24) is 4.57 Å². The summed E-state index contributed by atoms with van der Waals surface area (Å²) in [5, 5.41) is 7.66. The second kappa shape index (κ2) is 12.9. The fraction of sp³-hybridized carbons (Fsp3) is 0. The number of nitrogens with zero attached hydrogens (tertiary/aromatic N) is 2. The highest BCUT2D eigenvalue weighted by atomic mass is 32.1. The van der Waals surface area contributed by atoms with Crippen molar-refractivity contribution in [3.05, 3.63) is 206 Å². The zero-order chi connectivity index (χ0) is 36.3. The molecule has 11 rings (SSSR count). The van der Waals surface area contributed by atoms with Crippen LogP contribution in [0.15, 0.2) is 206 Å². The number of hydrogen-bond acceptors (Lipinski definition) is 2. The summed E-state index contributed by atoms with van der Waals surface area (Å²) in [6.45, 7) is 0. The van der Waals surface area contributed by atoms with Crippen LogP contribution in [0.25, 0.3) is 80.7 Å². The maximum Gasteiger partial charge on any atom is 0.0542 e. The molecule has 0 unspecified atom stereocenters. The Hall–Kier alpha value is -6.94. The Morgan fingerprint density at radius 3 is 1.67 bits per heavy atom. The van der Waals surface area contributed by atoms with E-state index in [2.05, 4.69) is 216 Å². The minimum Gasteiger partial charge on any atom is -0.310 e. The average Bonchev–Trinajstić information content (AvgIpc) is 3.79. The van der Waals surface area contributed by atoms with Crippen molar-refractivity contribution < 1.29 is 0 Å². The topological polar surface area (TPSA) is 8.17 Å². The molecule has 0 aliphatic carbocycles. The fourth-order valence-electron chi connectivity index (χ4n) is 8.29. The van der Waals surface area contributed by atoms with Gasteiger partial charge in [-0.05, 0) is 118 Å². The number of thiophene rings is 1. The summed E-state index contributed by atoms with van der Waals surface area (Å²) in [5.74, 6) is 0. The van der Waals surface area contributed by atoms with Gasteiger partial charge in [0.15, 0.2) is 0 Å². The van der Waals surface area contributed by atoms with Crippen molar-refractivity contribution >= 4 is 81.1 Å². The molecule has 2 nitrogen and oxygen atoms in total. The maximum atomic E-state index is 2.38. The lowest BCUT2D eigenvalue weighted by molar-refractivity contribution is 1.18. The smallest absolute Gasteiger partial charge is 0.0542 e. The Balaban J connectivity index is 1.03. The standard InChI is InChI=1S/C52H34N2S/c1-3-11-35(12-4-1)36-21-25-42(26-22-36)53(44-29-30-50-47(34-44)45-15-7-9-17-49(45)54(50)41-13-5-2-6-14-41)43-27-23-37(24-28-43)38-19-20-39-33-52-48(32-40(39)31-38)46-16-8-10-18-51(46)55-52/h1-34H. The van der Waals surface area contributed by atoms with Gasteiger partial charge in [0.05, 0.1) is 11.0 Å². The highest BCUT2D eigenvalue weighted by molar-refractivity contribution is 7.25. The van der Waals surface area contributed by atoms with E-state index in [4.69, 9.17) is 0 Å². The monoisotopic (exact) mass is 718 g/mol. The molecular weight excluding hydrogens is 685 g/mol. The molecule has 0 aliphatic rings. The van der Waals surface area contributed by atoms with Crippen molar-refractivity contribution in [2.45, 2.75) is 0 Å². The van der Waals surface area contributed by atoms with Crippen molar-refractivity contribution in [3.63, 3.8) is 0 Å². The lowest BCUT2D eigenvalue weighted by Crippen LogP contribution is -2.10. The first-order valence-electron chi connectivity index (χ1n) is 18.7. The van der Waals surface area contributed by atoms with Crippen LogP contribution in [0, 0.1) is 0 Å². The fourth-order valence-corrected chi connectivity index (χ4v) is 9.42. The second-order valence-corrected chi connectivity index (χ2v) is 15.3. The average molecular weight is 719 g/mol. The summed E-state index contributed by atoms with van der Waals surface area (Å²) in [4.78, 5) is 2.38. The lowest BCUT2D eigenvalue weighted by atomic mass is 9.99. The van der Waals surface area contributed by atoms with Crippen molar-refractivity contribution in [3.8, 4) is 27.9 Å². The van der Waals surface area contributed by atoms with E-state index >= 15 is 0 Å². The summed E-state index contributed by atoms with van der Waals surface area (Å²) in [7, 11) is 0. The summed E-state index contributed by atoms with van der Waals surface area (Å²) < 4.78 is 5.05. The van der Waals surface area contributed by atoms with Crippen LogP contribution in [0.5, 0.6) is 0 Å². The van der Waals surface area contributed by atoms with Gasteiger partial charge in [-0.25, -0.2) is 0 Å². The molecule has 0 fully saturated rings. The molecule has 0 bridgehead atoms. The molecule has 55 heavy (non-hydrogen) atoms. The number of benzene rings is 9. The van der Waals surface area contributed by atoms with Crippen LogP contribution in [0.2, 0.25) is 0 Å². The number of para-hydroxylation sites is 2. The summed E-state index contributed by atoms with van der Waals surface area (Å²) in [5.41, 5.74) is 11.7. The number of aromatic nitrogens is 1.